The molecular weight excluding hydrogens is 436 g/mol. The number of nitrogens with zero attached hydrogens (tertiary/aromatic N) is 2. The first-order chi connectivity index (χ1) is 17.2. The summed E-state index contributed by atoms with van der Waals surface area (Å²) in [6.45, 7) is 14.7. The summed E-state index contributed by atoms with van der Waals surface area (Å²) in [4.78, 5) is 2.69. The molecule has 2 aliphatic carbocycles. The molecule has 4 aromatic rings. The molecule has 0 bridgehead atoms. The third kappa shape index (κ3) is 2.85. The highest BCUT2D eigenvalue weighted by Crippen LogP contribution is 2.61. The number of anilines is 2. The predicted molar refractivity (Wildman–Crippen MR) is 152 cm³/mol. The third-order valence-electron chi connectivity index (χ3n) is 9.67. The van der Waals surface area contributed by atoms with Crippen LogP contribution in [0.2, 0.25) is 0 Å². The Hall–Kier alpha value is -3.00. The zero-order chi connectivity index (χ0) is 25.0. The molecule has 3 aliphatic rings. The Morgan fingerprint density at radius 3 is 2.33 bits per heavy atom. The van der Waals surface area contributed by atoms with Crippen molar-refractivity contribution in [3.63, 3.8) is 0 Å². The van der Waals surface area contributed by atoms with Crippen LogP contribution in [0.25, 0.3) is 16.6 Å². The molecule has 3 aromatic carbocycles. The minimum Gasteiger partial charge on any atom is -0.337 e. The van der Waals surface area contributed by atoms with Crippen LogP contribution in [-0.2, 0) is 5.41 Å². The minimum atomic E-state index is 0.151. The van der Waals surface area contributed by atoms with Gasteiger partial charge in [0, 0.05) is 45.5 Å². The molecule has 7 rings (SSSR count). The van der Waals surface area contributed by atoms with Crippen LogP contribution in [-0.4, -0.2) is 10.6 Å². The van der Waals surface area contributed by atoms with Gasteiger partial charge in [-0.25, -0.2) is 0 Å². The second-order valence-corrected chi connectivity index (χ2v) is 13.2. The van der Waals surface area contributed by atoms with Gasteiger partial charge in [0.25, 0.3) is 0 Å². The molecule has 0 amide bonds. The van der Waals surface area contributed by atoms with Crippen LogP contribution < -0.4 is 4.90 Å². The van der Waals surface area contributed by atoms with Crippen molar-refractivity contribution in [1.29, 1.82) is 0 Å². The fraction of sp³-hybridized carbons (Fsp3) is 0.412. The van der Waals surface area contributed by atoms with Crippen molar-refractivity contribution in [1.82, 2.24) is 4.57 Å². The number of hydrogen-bond acceptors (Lipinski definition) is 1. The van der Waals surface area contributed by atoms with Gasteiger partial charge in [-0.1, -0.05) is 84.0 Å². The molecule has 1 saturated carbocycles. The SMILES string of the molecule is CC1CC(C)(C)c2c1c1ccccc1n2-c1cccc(N2c3ccccc3C3C(C)CC(C)(C)C32)c1. The van der Waals surface area contributed by atoms with Crippen molar-refractivity contribution in [3.05, 3.63) is 89.6 Å². The Labute approximate surface area is 215 Å². The second kappa shape index (κ2) is 7.28. The summed E-state index contributed by atoms with van der Waals surface area (Å²) in [5, 5.41) is 1.42. The Balaban J connectivity index is 1.45. The number of hydrogen-bond donors (Lipinski definition) is 0. The van der Waals surface area contributed by atoms with Gasteiger partial charge in [0.05, 0.1) is 5.52 Å². The van der Waals surface area contributed by atoms with Gasteiger partial charge in [0.15, 0.2) is 0 Å². The number of para-hydroxylation sites is 2. The summed E-state index contributed by atoms with van der Waals surface area (Å²) in [6.07, 6.45) is 2.48. The van der Waals surface area contributed by atoms with Gasteiger partial charge in [-0.2, -0.15) is 0 Å². The van der Waals surface area contributed by atoms with E-state index in [0.29, 0.717) is 23.8 Å². The van der Waals surface area contributed by atoms with E-state index in [1.807, 2.05) is 0 Å². The Morgan fingerprint density at radius 1 is 0.778 bits per heavy atom. The van der Waals surface area contributed by atoms with Gasteiger partial charge in [0.1, 0.15) is 0 Å². The van der Waals surface area contributed by atoms with Gasteiger partial charge in [-0.05, 0) is 71.6 Å². The van der Waals surface area contributed by atoms with Crippen LogP contribution in [0.3, 0.4) is 0 Å². The number of aromatic nitrogens is 1. The zero-order valence-electron chi connectivity index (χ0n) is 22.5. The van der Waals surface area contributed by atoms with E-state index in [1.165, 1.54) is 52.1 Å². The van der Waals surface area contributed by atoms with Crippen LogP contribution in [0, 0.1) is 11.3 Å². The van der Waals surface area contributed by atoms with Crippen molar-refractivity contribution in [2.75, 3.05) is 4.90 Å². The Bertz CT molecular complexity index is 1500. The smallest absolute Gasteiger partial charge is 0.0534 e. The summed E-state index contributed by atoms with van der Waals surface area (Å²) >= 11 is 0. The highest BCUT2D eigenvalue weighted by molar-refractivity contribution is 5.89. The predicted octanol–water partition coefficient (Wildman–Crippen LogP) is 9.09. The van der Waals surface area contributed by atoms with Crippen molar-refractivity contribution >= 4 is 22.3 Å². The first kappa shape index (κ1) is 22.2. The lowest BCUT2D eigenvalue weighted by molar-refractivity contribution is 0.323. The Morgan fingerprint density at radius 2 is 1.50 bits per heavy atom. The van der Waals surface area contributed by atoms with Gasteiger partial charge in [-0.3, -0.25) is 0 Å². The van der Waals surface area contributed by atoms with E-state index in [-0.39, 0.29) is 10.8 Å². The molecule has 0 N–H and O–H groups in total. The highest BCUT2D eigenvalue weighted by Gasteiger charge is 2.54. The molecule has 0 radical (unpaired) electrons. The van der Waals surface area contributed by atoms with Crippen LogP contribution >= 0.6 is 0 Å². The quantitative estimate of drug-likeness (QED) is 0.281. The molecule has 1 aliphatic heterocycles. The normalized spacial score (nSPS) is 27.3. The van der Waals surface area contributed by atoms with Crippen molar-refractivity contribution in [2.24, 2.45) is 11.3 Å². The monoisotopic (exact) mass is 474 g/mol. The van der Waals surface area contributed by atoms with E-state index >= 15 is 0 Å². The largest absolute Gasteiger partial charge is 0.337 e. The molecule has 1 aromatic heterocycles. The first-order valence-corrected chi connectivity index (χ1v) is 13.8. The fourth-order valence-electron chi connectivity index (χ4n) is 8.75. The molecule has 2 nitrogen and oxygen atoms in total. The average Bonchev–Trinajstić information content (AvgIpc) is 3.51. The molecule has 1 fully saturated rings. The molecular formula is C34H38N2. The zero-order valence-corrected chi connectivity index (χ0v) is 22.5. The lowest BCUT2D eigenvalue weighted by atomic mass is 9.84. The van der Waals surface area contributed by atoms with Crippen molar-refractivity contribution in [3.8, 4) is 5.69 Å². The molecule has 2 heteroatoms. The maximum Gasteiger partial charge on any atom is 0.0534 e. The van der Waals surface area contributed by atoms with Crippen LogP contribution in [0.15, 0.2) is 72.8 Å². The maximum absolute atomic E-state index is 2.69. The van der Waals surface area contributed by atoms with Crippen LogP contribution in [0.5, 0.6) is 0 Å². The maximum atomic E-state index is 2.69. The molecule has 0 saturated heterocycles. The lowest BCUT2D eigenvalue weighted by Gasteiger charge is -2.37. The topological polar surface area (TPSA) is 8.17 Å². The molecule has 4 atom stereocenters. The average molecular weight is 475 g/mol. The number of fused-ring (bicyclic) bond motifs is 6. The summed E-state index contributed by atoms with van der Waals surface area (Å²) in [5.41, 5.74) is 10.4. The molecule has 2 heterocycles. The summed E-state index contributed by atoms with van der Waals surface area (Å²) in [6, 6.07) is 28.1. The molecule has 0 spiro atoms. The second-order valence-electron chi connectivity index (χ2n) is 13.2. The van der Waals surface area contributed by atoms with E-state index in [1.54, 1.807) is 5.56 Å². The van der Waals surface area contributed by atoms with Crippen LogP contribution in [0.4, 0.5) is 11.4 Å². The molecule has 184 valence electrons. The van der Waals surface area contributed by atoms with Gasteiger partial charge >= 0.3 is 0 Å². The molecule has 4 unspecified atom stereocenters. The van der Waals surface area contributed by atoms with Crippen molar-refractivity contribution in [2.45, 2.75) is 77.7 Å². The lowest BCUT2D eigenvalue weighted by Crippen LogP contribution is -2.38. The van der Waals surface area contributed by atoms with E-state index in [9.17, 15) is 0 Å². The number of benzene rings is 3. The summed E-state index contributed by atoms with van der Waals surface area (Å²) < 4.78 is 2.58. The fourth-order valence-corrected chi connectivity index (χ4v) is 8.75. The van der Waals surface area contributed by atoms with Gasteiger partial charge in [-0.15, -0.1) is 0 Å². The third-order valence-corrected chi connectivity index (χ3v) is 9.67. The highest BCUT2D eigenvalue weighted by atomic mass is 15.2. The number of rotatable bonds is 2. The molecule has 36 heavy (non-hydrogen) atoms. The van der Waals surface area contributed by atoms with Gasteiger partial charge in [0.2, 0.25) is 0 Å². The van der Waals surface area contributed by atoms with E-state index in [2.05, 4.69) is 124 Å². The van der Waals surface area contributed by atoms with E-state index in [0.717, 1.165) is 0 Å². The van der Waals surface area contributed by atoms with Crippen LogP contribution in [0.1, 0.15) is 83.0 Å². The van der Waals surface area contributed by atoms with E-state index in [4.69, 9.17) is 0 Å². The minimum absolute atomic E-state index is 0.151. The van der Waals surface area contributed by atoms with Crippen molar-refractivity contribution < 1.29 is 0 Å². The standard InChI is InChI=1S/C34H38N2/c1-21-19-33(3,4)31-29(21)25-14-7-9-16-27(25)35(31)23-12-11-13-24(18-23)36-28-17-10-8-15-26(28)30-22(2)20-34(5,6)32(30)36/h7-18,21-22,29,31H,19-20H2,1-6H3. The van der Waals surface area contributed by atoms with E-state index < -0.39 is 0 Å². The summed E-state index contributed by atoms with van der Waals surface area (Å²) in [5.74, 6) is 1.87. The Kier molecular flexibility index (Phi) is 4.49. The first-order valence-electron chi connectivity index (χ1n) is 13.8. The summed E-state index contributed by atoms with van der Waals surface area (Å²) in [7, 11) is 0. The van der Waals surface area contributed by atoms with Gasteiger partial charge < -0.3 is 9.47 Å².